The van der Waals surface area contributed by atoms with Crippen molar-refractivity contribution in [3.05, 3.63) is 46.3 Å². The summed E-state index contributed by atoms with van der Waals surface area (Å²) in [6, 6.07) is 9.56. The van der Waals surface area contributed by atoms with Gasteiger partial charge < -0.3 is 14.0 Å². The van der Waals surface area contributed by atoms with Gasteiger partial charge in [-0.25, -0.2) is 0 Å². The van der Waals surface area contributed by atoms with Crippen LogP contribution in [0.2, 0.25) is 6.32 Å². The summed E-state index contributed by atoms with van der Waals surface area (Å²) >= 11 is 0. The number of benzene rings is 1. The van der Waals surface area contributed by atoms with Gasteiger partial charge in [0.1, 0.15) is 6.61 Å². The second-order valence-corrected chi connectivity index (χ2v) is 9.88. The average molecular weight is 427 g/mol. The second kappa shape index (κ2) is 9.64. The van der Waals surface area contributed by atoms with E-state index in [9.17, 15) is 4.79 Å². The van der Waals surface area contributed by atoms with E-state index >= 15 is 0 Å². The van der Waals surface area contributed by atoms with Crippen molar-refractivity contribution in [3.63, 3.8) is 0 Å². The Labute approximate surface area is 185 Å². The van der Waals surface area contributed by atoms with E-state index in [1.54, 1.807) is 0 Å². The number of azide groups is 1. The van der Waals surface area contributed by atoms with Gasteiger partial charge in [0.05, 0.1) is 16.6 Å². The molecule has 168 valence electrons. The van der Waals surface area contributed by atoms with Crippen molar-refractivity contribution in [1.29, 1.82) is 0 Å². The molecule has 7 nitrogen and oxygen atoms in total. The van der Waals surface area contributed by atoms with Crippen LogP contribution in [0.15, 0.2) is 35.4 Å². The van der Waals surface area contributed by atoms with Gasteiger partial charge in [0.25, 0.3) is 0 Å². The Morgan fingerprint density at radius 3 is 2.52 bits per heavy atom. The average Bonchev–Trinajstić information content (AvgIpc) is 3.22. The quantitative estimate of drug-likeness (QED) is 0.124. The lowest BCUT2D eigenvalue weighted by Gasteiger charge is -2.32. The first-order chi connectivity index (χ1) is 14.7. The van der Waals surface area contributed by atoms with Crippen molar-refractivity contribution < 1.29 is 18.8 Å². The number of esters is 1. The fourth-order valence-corrected chi connectivity index (χ4v) is 4.52. The largest absolute Gasteiger partial charge is 0.460 e. The summed E-state index contributed by atoms with van der Waals surface area (Å²) in [6.07, 6.45) is 5.26. The monoisotopic (exact) mass is 427 g/mol. The SMILES string of the molecule is CC1(C)OB(CCCC[C@@]2(C(=O)OCc3ccccc3)CC[C@H](N=[N+]=[N-])C2)OC1(C)C. The lowest BCUT2D eigenvalue weighted by molar-refractivity contribution is -0.157. The van der Waals surface area contributed by atoms with Gasteiger partial charge in [-0.15, -0.1) is 0 Å². The molecule has 1 aliphatic heterocycles. The number of rotatable bonds is 9. The highest BCUT2D eigenvalue weighted by Crippen LogP contribution is 2.45. The molecule has 0 spiro atoms. The van der Waals surface area contributed by atoms with E-state index in [0.717, 1.165) is 37.6 Å². The molecule has 31 heavy (non-hydrogen) atoms. The second-order valence-electron chi connectivity index (χ2n) is 9.88. The molecule has 0 N–H and O–H groups in total. The molecule has 1 saturated heterocycles. The molecule has 1 aliphatic carbocycles. The molecule has 0 unspecified atom stereocenters. The molecule has 1 heterocycles. The van der Waals surface area contributed by atoms with E-state index in [4.69, 9.17) is 19.6 Å². The number of unbranched alkanes of at least 4 members (excludes halogenated alkanes) is 1. The highest BCUT2D eigenvalue weighted by atomic mass is 16.7. The summed E-state index contributed by atoms with van der Waals surface area (Å²) < 4.78 is 17.9. The van der Waals surface area contributed by atoms with E-state index in [-0.39, 0.29) is 36.9 Å². The van der Waals surface area contributed by atoms with Crippen LogP contribution in [0.25, 0.3) is 10.4 Å². The van der Waals surface area contributed by atoms with Gasteiger partial charge in [-0.3, -0.25) is 4.79 Å². The molecule has 1 aromatic carbocycles. The minimum absolute atomic E-state index is 0.141. The third kappa shape index (κ3) is 5.62. The van der Waals surface area contributed by atoms with Crippen LogP contribution in [-0.4, -0.2) is 30.3 Å². The molecule has 3 rings (SSSR count). The third-order valence-electron chi connectivity index (χ3n) is 7.09. The molecular formula is C23H34BN3O4. The van der Waals surface area contributed by atoms with Gasteiger partial charge in [0.15, 0.2) is 0 Å². The van der Waals surface area contributed by atoms with Crippen molar-refractivity contribution in [2.24, 2.45) is 10.5 Å². The molecule has 0 aromatic heterocycles. The smallest absolute Gasteiger partial charge is 0.457 e. The van der Waals surface area contributed by atoms with Crippen LogP contribution in [0.3, 0.4) is 0 Å². The molecule has 0 amide bonds. The molecule has 2 atom stereocenters. The van der Waals surface area contributed by atoms with Gasteiger partial charge in [-0.1, -0.05) is 48.3 Å². The Kier molecular flexibility index (Phi) is 7.35. The molecule has 1 saturated carbocycles. The van der Waals surface area contributed by atoms with Crippen molar-refractivity contribution in [2.75, 3.05) is 0 Å². The highest BCUT2D eigenvalue weighted by molar-refractivity contribution is 6.45. The van der Waals surface area contributed by atoms with E-state index < -0.39 is 5.41 Å². The third-order valence-corrected chi connectivity index (χ3v) is 7.09. The van der Waals surface area contributed by atoms with Crippen LogP contribution in [0.1, 0.15) is 71.8 Å². The summed E-state index contributed by atoms with van der Waals surface area (Å²) in [7, 11) is -0.217. The van der Waals surface area contributed by atoms with E-state index in [1.807, 2.05) is 30.3 Å². The molecule has 1 aromatic rings. The van der Waals surface area contributed by atoms with Gasteiger partial charge in [-0.2, -0.15) is 0 Å². The highest BCUT2D eigenvalue weighted by Gasteiger charge is 2.51. The lowest BCUT2D eigenvalue weighted by Crippen LogP contribution is -2.41. The predicted molar refractivity (Wildman–Crippen MR) is 120 cm³/mol. The molecule has 8 heteroatoms. The fourth-order valence-electron chi connectivity index (χ4n) is 4.52. The topological polar surface area (TPSA) is 93.5 Å². The van der Waals surface area contributed by atoms with Gasteiger partial charge in [0, 0.05) is 11.0 Å². The summed E-state index contributed by atoms with van der Waals surface area (Å²) in [5.74, 6) is -0.178. The first-order valence-corrected chi connectivity index (χ1v) is 11.3. The molecule has 2 fully saturated rings. The molecular weight excluding hydrogens is 393 g/mol. The van der Waals surface area contributed by atoms with E-state index in [2.05, 4.69) is 37.7 Å². The van der Waals surface area contributed by atoms with Gasteiger partial charge >= 0.3 is 13.1 Å². The van der Waals surface area contributed by atoms with Gasteiger partial charge in [-0.05, 0) is 70.8 Å². The number of carbonyl (C=O) groups excluding carboxylic acids is 1. The number of hydrogen-bond acceptors (Lipinski definition) is 5. The van der Waals surface area contributed by atoms with Crippen molar-refractivity contribution in [2.45, 2.75) is 96.4 Å². The number of ether oxygens (including phenoxy) is 1. The Bertz CT molecular complexity index is 794. The van der Waals surface area contributed by atoms with Crippen LogP contribution in [-0.2, 0) is 25.4 Å². The number of carbonyl (C=O) groups is 1. The maximum Gasteiger partial charge on any atom is 0.457 e. The summed E-state index contributed by atoms with van der Waals surface area (Å²) in [6.45, 7) is 8.48. The maximum atomic E-state index is 13.1. The van der Waals surface area contributed by atoms with Crippen molar-refractivity contribution in [3.8, 4) is 0 Å². The number of nitrogens with zero attached hydrogens (tertiary/aromatic N) is 3. The minimum Gasteiger partial charge on any atom is -0.460 e. The first kappa shape index (κ1) is 23.6. The van der Waals surface area contributed by atoms with Crippen LogP contribution in [0.4, 0.5) is 0 Å². The zero-order valence-electron chi connectivity index (χ0n) is 19.2. The zero-order valence-corrected chi connectivity index (χ0v) is 19.2. The Morgan fingerprint density at radius 1 is 1.19 bits per heavy atom. The molecule has 0 radical (unpaired) electrons. The lowest BCUT2D eigenvalue weighted by atomic mass is 9.77. The van der Waals surface area contributed by atoms with Crippen molar-refractivity contribution >= 4 is 13.1 Å². The summed E-state index contributed by atoms with van der Waals surface area (Å²) in [5, 5.41) is 3.88. The fraction of sp³-hybridized carbons (Fsp3) is 0.696. The Hall–Kier alpha value is -2.02. The predicted octanol–water partition coefficient (Wildman–Crippen LogP) is 5.84. The van der Waals surface area contributed by atoms with E-state index in [0.29, 0.717) is 12.8 Å². The molecule has 2 aliphatic rings. The van der Waals surface area contributed by atoms with Crippen LogP contribution < -0.4 is 0 Å². The normalized spacial score (nSPS) is 26.5. The van der Waals surface area contributed by atoms with Crippen LogP contribution in [0, 0.1) is 5.41 Å². The van der Waals surface area contributed by atoms with Gasteiger partial charge in [0.2, 0.25) is 0 Å². The number of hydrogen-bond donors (Lipinski definition) is 0. The standard InChI is InChI=1S/C23H34BN3O4/c1-21(2)22(3,4)31-24(30-21)15-9-8-13-23(14-12-19(16-23)26-27-25)20(28)29-17-18-10-6-5-7-11-18/h5-7,10-11,19H,8-9,12-17H2,1-4H3/t19-,23+/m0/s1. The summed E-state index contributed by atoms with van der Waals surface area (Å²) in [4.78, 5) is 16.1. The van der Waals surface area contributed by atoms with Crippen LogP contribution >= 0.6 is 0 Å². The van der Waals surface area contributed by atoms with E-state index in [1.165, 1.54) is 0 Å². The van der Waals surface area contributed by atoms with Crippen molar-refractivity contribution in [1.82, 2.24) is 0 Å². The zero-order chi connectivity index (χ0) is 22.5. The Balaban J connectivity index is 1.55. The summed E-state index contributed by atoms with van der Waals surface area (Å²) in [5.41, 5.74) is 8.56. The van der Waals surface area contributed by atoms with Crippen LogP contribution in [0.5, 0.6) is 0 Å². The minimum atomic E-state index is -0.580. The Morgan fingerprint density at radius 2 is 1.87 bits per heavy atom. The first-order valence-electron chi connectivity index (χ1n) is 11.3. The molecule has 0 bridgehead atoms. The maximum absolute atomic E-state index is 13.1.